The highest BCUT2D eigenvalue weighted by Crippen LogP contribution is 2.11. The number of aliphatic imine (C=N–C) groups is 1. The number of nitrogens with zero attached hydrogens (tertiary/aromatic N) is 2. The molecule has 2 N–H and O–H groups in total. The fourth-order valence-electron chi connectivity index (χ4n) is 1.71. The molecule has 0 unspecified atom stereocenters. The van der Waals surface area contributed by atoms with E-state index in [1.807, 2.05) is 6.07 Å². The summed E-state index contributed by atoms with van der Waals surface area (Å²) in [6, 6.07) is 4.00. The van der Waals surface area contributed by atoms with Crippen molar-refractivity contribution in [3.8, 4) is 0 Å². The van der Waals surface area contributed by atoms with Crippen molar-refractivity contribution < 1.29 is 4.79 Å². The number of unbranched alkanes of at least 4 members (excludes halogenated alkanes) is 4. The van der Waals surface area contributed by atoms with Crippen LogP contribution in [-0.4, -0.2) is 17.6 Å². The predicted octanol–water partition coefficient (Wildman–Crippen LogP) is 3.91. The number of rotatable bonds is 8. The normalized spacial score (nSPS) is 9.30. The van der Waals surface area contributed by atoms with E-state index in [0.717, 1.165) is 19.3 Å². The van der Waals surface area contributed by atoms with Crippen LogP contribution < -0.4 is 5.73 Å². The fraction of sp³-hybridized carbons (Fsp3) is 0.625. The van der Waals surface area contributed by atoms with Gasteiger partial charge in [0.25, 0.3) is 0 Å². The van der Waals surface area contributed by atoms with E-state index in [9.17, 15) is 4.79 Å². The second-order valence-corrected chi connectivity index (χ2v) is 4.68. The lowest BCUT2D eigenvalue weighted by atomic mass is 10.1. The highest BCUT2D eigenvalue weighted by atomic mass is 16.1. The molecule has 0 fully saturated rings. The number of hydrogen-bond donors (Lipinski definition) is 1. The lowest BCUT2D eigenvalue weighted by Crippen LogP contribution is -1.96. The van der Waals surface area contributed by atoms with Crippen LogP contribution in [0.15, 0.2) is 23.3 Å². The van der Waals surface area contributed by atoms with Crippen LogP contribution in [0.1, 0.15) is 57.9 Å². The van der Waals surface area contributed by atoms with Crippen LogP contribution in [-0.2, 0) is 11.2 Å². The van der Waals surface area contributed by atoms with E-state index in [1.165, 1.54) is 37.3 Å². The number of isocyanates is 1. The summed E-state index contributed by atoms with van der Waals surface area (Å²) in [5.41, 5.74) is 6.88. The molecule has 20 heavy (non-hydrogen) atoms. The largest absolute Gasteiger partial charge is 0.383 e. The maximum Gasteiger partial charge on any atom is 0.234 e. The van der Waals surface area contributed by atoms with Crippen LogP contribution in [0.4, 0.5) is 5.82 Å². The number of aryl methyl sites for hydroxylation is 1. The number of hydrogen-bond acceptors (Lipinski definition) is 4. The SMILES string of the molecule is CCCCCN=C=O.CCCCCc1cccnc1N. The molecule has 0 bridgehead atoms. The average molecular weight is 277 g/mol. The van der Waals surface area contributed by atoms with Gasteiger partial charge in [-0.3, -0.25) is 0 Å². The van der Waals surface area contributed by atoms with Crippen molar-refractivity contribution in [2.45, 2.75) is 58.8 Å². The van der Waals surface area contributed by atoms with Crippen molar-refractivity contribution in [3.05, 3.63) is 23.9 Å². The topological polar surface area (TPSA) is 68.3 Å². The third-order valence-corrected chi connectivity index (χ3v) is 2.91. The zero-order valence-corrected chi connectivity index (χ0v) is 12.8. The number of nitrogens with two attached hydrogens (primary N) is 1. The molecule has 1 aromatic heterocycles. The number of anilines is 1. The highest BCUT2D eigenvalue weighted by molar-refractivity contribution is 5.38. The molecule has 0 aliphatic rings. The van der Waals surface area contributed by atoms with Gasteiger partial charge in [-0.25, -0.2) is 14.8 Å². The molecule has 1 aromatic rings. The summed E-state index contributed by atoms with van der Waals surface area (Å²) < 4.78 is 0. The van der Waals surface area contributed by atoms with Gasteiger partial charge in [0.2, 0.25) is 6.08 Å². The second-order valence-electron chi connectivity index (χ2n) is 4.68. The minimum atomic E-state index is 0.650. The van der Waals surface area contributed by atoms with Gasteiger partial charge in [-0.05, 0) is 30.9 Å². The summed E-state index contributed by atoms with van der Waals surface area (Å²) in [6.07, 6.45) is 11.4. The van der Waals surface area contributed by atoms with Crippen LogP contribution in [0.3, 0.4) is 0 Å². The Balaban J connectivity index is 0.000000396. The van der Waals surface area contributed by atoms with E-state index in [2.05, 4.69) is 29.9 Å². The van der Waals surface area contributed by atoms with E-state index >= 15 is 0 Å². The molecule has 0 spiro atoms. The Morgan fingerprint density at radius 1 is 1.20 bits per heavy atom. The van der Waals surface area contributed by atoms with Crippen molar-refractivity contribution in [2.24, 2.45) is 4.99 Å². The minimum Gasteiger partial charge on any atom is -0.383 e. The Labute approximate surface area is 122 Å². The summed E-state index contributed by atoms with van der Waals surface area (Å²) >= 11 is 0. The average Bonchev–Trinajstić information content (AvgIpc) is 2.47. The summed E-state index contributed by atoms with van der Waals surface area (Å²) in [5.74, 6) is 0.689. The Hall–Kier alpha value is -1.67. The molecule has 112 valence electrons. The lowest BCUT2D eigenvalue weighted by Gasteiger charge is -2.02. The molecule has 4 heteroatoms. The van der Waals surface area contributed by atoms with E-state index in [0.29, 0.717) is 12.4 Å². The van der Waals surface area contributed by atoms with E-state index in [4.69, 9.17) is 5.73 Å². The molecule has 0 aromatic carbocycles. The van der Waals surface area contributed by atoms with Crippen LogP contribution >= 0.6 is 0 Å². The first kappa shape index (κ1) is 18.3. The molecule has 0 saturated carbocycles. The molecule has 0 radical (unpaired) electrons. The molecule has 4 nitrogen and oxygen atoms in total. The molecular weight excluding hydrogens is 250 g/mol. The van der Waals surface area contributed by atoms with Crippen LogP contribution in [0, 0.1) is 0 Å². The Morgan fingerprint density at radius 2 is 1.90 bits per heavy atom. The molecule has 0 atom stereocenters. The Bertz CT molecular complexity index is 387. The molecule has 0 aliphatic carbocycles. The van der Waals surface area contributed by atoms with Gasteiger partial charge in [-0.15, -0.1) is 0 Å². The molecule has 1 rings (SSSR count). The summed E-state index contributed by atoms with van der Waals surface area (Å²) in [5, 5.41) is 0. The minimum absolute atomic E-state index is 0.650. The maximum absolute atomic E-state index is 9.48. The number of aromatic nitrogens is 1. The van der Waals surface area contributed by atoms with Gasteiger partial charge >= 0.3 is 0 Å². The number of pyridine rings is 1. The van der Waals surface area contributed by atoms with Crippen LogP contribution in [0.5, 0.6) is 0 Å². The van der Waals surface area contributed by atoms with Crippen molar-refractivity contribution in [1.29, 1.82) is 0 Å². The summed E-state index contributed by atoms with van der Waals surface area (Å²) in [4.78, 5) is 16.9. The Kier molecular flexibility index (Phi) is 12.6. The van der Waals surface area contributed by atoms with E-state index in [-0.39, 0.29) is 0 Å². The molecule has 0 amide bonds. The van der Waals surface area contributed by atoms with Gasteiger partial charge in [0, 0.05) is 6.20 Å². The summed E-state index contributed by atoms with van der Waals surface area (Å²) in [6.45, 7) is 4.97. The van der Waals surface area contributed by atoms with Crippen molar-refractivity contribution >= 4 is 11.9 Å². The quantitative estimate of drug-likeness (QED) is 0.445. The van der Waals surface area contributed by atoms with Crippen molar-refractivity contribution in [1.82, 2.24) is 4.98 Å². The molecule has 0 aliphatic heterocycles. The molecular formula is C16H27N3O. The van der Waals surface area contributed by atoms with Gasteiger partial charge in [0.15, 0.2) is 0 Å². The zero-order chi connectivity index (χ0) is 15.1. The lowest BCUT2D eigenvalue weighted by molar-refractivity contribution is 0.561. The van der Waals surface area contributed by atoms with Gasteiger partial charge < -0.3 is 5.73 Å². The van der Waals surface area contributed by atoms with Gasteiger partial charge in [-0.1, -0.05) is 45.6 Å². The van der Waals surface area contributed by atoms with E-state index in [1.54, 1.807) is 6.20 Å². The third-order valence-electron chi connectivity index (χ3n) is 2.91. The van der Waals surface area contributed by atoms with Crippen molar-refractivity contribution in [2.75, 3.05) is 12.3 Å². The molecule has 1 heterocycles. The van der Waals surface area contributed by atoms with Crippen molar-refractivity contribution in [3.63, 3.8) is 0 Å². The molecule has 0 saturated heterocycles. The first-order chi connectivity index (χ1) is 9.76. The van der Waals surface area contributed by atoms with Crippen LogP contribution in [0.25, 0.3) is 0 Å². The first-order valence-electron chi connectivity index (χ1n) is 7.49. The Morgan fingerprint density at radius 3 is 2.50 bits per heavy atom. The maximum atomic E-state index is 9.48. The standard InChI is InChI=1S/C10H16N2.C6H11NO/c1-2-3-4-6-9-7-5-8-12-10(9)11;1-2-3-4-5-7-6-8/h5,7-8H,2-4,6H2,1H3,(H2,11,12);2-5H2,1H3. The predicted molar refractivity (Wildman–Crippen MR) is 84.4 cm³/mol. The van der Waals surface area contributed by atoms with Gasteiger partial charge in [-0.2, -0.15) is 0 Å². The number of nitrogen functional groups attached to an aromatic ring is 1. The van der Waals surface area contributed by atoms with E-state index < -0.39 is 0 Å². The second kappa shape index (κ2) is 13.8. The van der Waals surface area contributed by atoms with Crippen LogP contribution in [0.2, 0.25) is 0 Å². The van der Waals surface area contributed by atoms with Gasteiger partial charge in [0.05, 0.1) is 6.54 Å². The smallest absolute Gasteiger partial charge is 0.234 e. The first-order valence-corrected chi connectivity index (χ1v) is 7.49. The summed E-state index contributed by atoms with van der Waals surface area (Å²) in [7, 11) is 0. The fourth-order valence-corrected chi connectivity index (χ4v) is 1.71. The zero-order valence-electron chi connectivity index (χ0n) is 12.8. The van der Waals surface area contributed by atoms with Gasteiger partial charge in [0.1, 0.15) is 5.82 Å². The highest BCUT2D eigenvalue weighted by Gasteiger charge is 1.97. The third kappa shape index (κ3) is 10.3. The number of carbonyl (C=O) groups excluding carboxylic acids is 1. The monoisotopic (exact) mass is 277 g/mol.